The molecule has 2 aliphatic rings. The van der Waals surface area contributed by atoms with Crippen molar-refractivity contribution in [1.82, 2.24) is 10.2 Å². The van der Waals surface area contributed by atoms with Crippen molar-refractivity contribution in [3.8, 4) is 0 Å². The summed E-state index contributed by atoms with van der Waals surface area (Å²) in [5.41, 5.74) is 2.03. The second-order valence-electron chi connectivity index (χ2n) is 6.33. The van der Waals surface area contributed by atoms with Crippen molar-refractivity contribution < 1.29 is 4.39 Å². The van der Waals surface area contributed by atoms with E-state index >= 15 is 0 Å². The minimum Gasteiger partial charge on any atom is -0.316 e. The Morgan fingerprint density at radius 1 is 1.25 bits per heavy atom. The van der Waals surface area contributed by atoms with Gasteiger partial charge in [0.15, 0.2) is 0 Å². The quantitative estimate of drug-likeness (QED) is 0.907. The zero-order valence-corrected chi connectivity index (χ0v) is 12.4. The standard InChI is InChI=1S/C17H25FN2/c1-19-11-13-6-7-16(18)15(10-13)12-20-9-8-14-4-2-3-5-17(14)20/h6-7,10,14,17,19H,2-5,8-9,11-12H2,1H3. The van der Waals surface area contributed by atoms with E-state index in [1.165, 1.54) is 37.7 Å². The number of halogens is 1. The number of nitrogens with one attached hydrogen (secondary N) is 1. The molecule has 1 N–H and O–H groups in total. The van der Waals surface area contributed by atoms with E-state index in [0.29, 0.717) is 6.04 Å². The molecule has 110 valence electrons. The molecule has 1 heterocycles. The van der Waals surface area contributed by atoms with Crippen molar-refractivity contribution in [2.75, 3.05) is 13.6 Å². The van der Waals surface area contributed by atoms with E-state index < -0.39 is 0 Å². The average molecular weight is 276 g/mol. The zero-order chi connectivity index (χ0) is 13.9. The van der Waals surface area contributed by atoms with E-state index in [1.54, 1.807) is 6.07 Å². The summed E-state index contributed by atoms with van der Waals surface area (Å²) in [6.07, 6.45) is 6.73. The fraction of sp³-hybridized carbons (Fsp3) is 0.647. The van der Waals surface area contributed by atoms with Gasteiger partial charge in [-0.2, -0.15) is 0 Å². The van der Waals surface area contributed by atoms with Gasteiger partial charge in [-0.1, -0.05) is 25.0 Å². The van der Waals surface area contributed by atoms with Crippen molar-refractivity contribution in [3.63, 3.8) is 0 Å². The molecule has 0 amide bonds. The van der Waals surface area contributed by atoms with E-state index in [2.05, 4.69) is 10.2 Å². The van der Waals surface area contributed by atoms with Gasteiger partial charge in [0.05, 0.1) is 0 Å². The highest BCUT2D eigenvalue weighted by Crippen LogP contribution is 2.37. The second-order valence-corrected chi connectivity index (χ2v) is 6.33. The molecule has 1 aromatic carbocycles. The topological polar surface area (TPSA) is 15.3 Å². The number of hydrogen-bond acceptors (Lipinski definition) is 2. The summed E-state index contributed by atoms with van der Waals surface area (Å²) in [6.45, 7) is 2.73. The van der Waals surface area contributed by atoms with Crippen LogP contribution in [-0.4, -0.2) is 24.5 Å². The minimum atomic E-state index is -0.0517. The lowest BCUT2D eigenvalue weighted by Gasteiger charge is -2.31. The number of hydrogen-bond donors (Lipinski definition) is 1. The lowest BCUT2D eigenvalue weighted by Crippen LogP contribution is -2.34. The van der Waals surface area contributed by atoms with E-state index in [-0.39, 0.29) is 5.82 Å². The largest absolute Gasteiger partial charge is 0.316 e. The molecule has 2 atom stereocenters. The summed E-state index contributed by atoms with van der Waals surface area (Å²) in [6, 6.07) is 6.23. The fourth-order valence-corrected chi connectivity index (χ4v) is 3.98. The third kappa shape index (κ3) is 2.89. The van der Waals surface area contributed by atoms with E-state index in [9.17, 15) is 4.39 Å². The van der Waals surface area contributed by atoms with Crippen LogP contribution < -0.4 is 5.32 Å². The number of fused-ring (bicyclic) bond motifs is 1. The number of rotatable bonds is 4. The third-order valence-electron chi connectivity index (χ3n) is 4.99. The Morgan fingerprint density at radius 2 is 2.10 bits per heavy atom. The molecule has 20 heavy (non-hydrogen) atoms. The smallest absolute Gasteiger partial charge is 0.127 e. The van der Waals surface area contributed by atoms with Gasteiger partial charge in [-0.3, -0.25) is 4.90 Å². The van der Waals surface area contributed by atoms with E-state index in [1.807, 2.05) is 19.2 Å². The van der Waals surface area contributed by atoms with Crippen molar-refractivity contribution in [2.45, 2.75) is 51.2 Å². The van der Waals surface area contributed by atoms with Gasteiger partial charge in [0.2, 0.25) is 0 Å². The second kappa shape index (κ2) is 6.23. The maximum absolute atomic E-state index is 14.0. The Kier molecular flexibility index (Phi) is 4.37. The maximum atomic E-state index is 14.0. The first kappa shape index (κ1) is 14.0. The van der Waals surface area contributed by atoms with Crippen molar-refractivity contribution in [2.24, 2.45) is 5.92 Å². The van der Waals surface area contributed by atoms with Crippen LogP contribution in [0.3, 0.4) is 0 Å². The molecule has 0 radical (unpaired) electrons. The average Bonchev–Trinajstić information content (AvgIpc) is 2.86. The Morgan fingerprint density at radius 3 is 2.95 bits per heavy atom. The number of benzene rings is 1. The monoisotopic (exact) mass is 276 g/mol. The Balaban J connectivity index is 1.72. The lowest BCUT2D eigenvalue weighted by molar-refractivity contribution is 0.174. The lowest BCUT2D eigenvalue weighted by atomic mass is 9.85. The van der Waals surface area contributed by atoms with E-state index in [4.69, 9.17) is 0 Å². The molecular weight excluding hydrogens is 251 g/mol. The summed E-state index contributed by atoms with van der Waals surface area (Å²) in [5.74, 6) is 0.816. The van der Waals surface area contributed by atoms with Gasteiger partial charge in [-0.25, -0.2) is 4.39 Å². The van der Waals surface area contributed by atoms with Gasteiger partial charge in [0.1, 0.15) is 5.82 Å². The van der Waals surface area contributed by atoms with Gasteiger partial charge >= 0.3 is 0 Å². The molecule has 1 saturated carbocycles. The summed E-state index contributed by atoms with van der Waals surface area (Å²) >= 11 is 0. The highest BCUT2D eigenvalue weighted by atomic mass is 19.1. The molecule has 1 aliphatic heterocycles. The van der Waals surface area contributed by atoms with Gasteiger partial charge in [0.25, 0.3) is 0 Å². The fourth-order valence-electron chi connectivity index (χ4n) is 3.98. The summed E-state index contributed by atoms with van der Waals surface area (Å²) in [7, 11) is 1.93. The maximum Gasteiger partial charge on any atom is 0.127 e. The van der Waals surface area contributed by atoms with Gasteiger partial charge in [-0.05, 0) is 50.4 Å². The molecule has 2 nitrogen and oxygen atoms in total. The Bertz CT molecular complexity index is 460. The molecular formula is C17H25FN2. The minimum absolute atomic E-state index is 0.0517. The van der Waals surface area contributed by atoms with E-state index in [0.717, 1.165) is 31.1 Å². The normalized spacial score (nSPS) is 26.7. The van der Waals surface area contributed by atoms with Gasteiger partial charge < -0.3 is 5.32 Å². The molecule has 3 heteroatoms. The molecule has 0 bridgehead atoms. The molecule has 3 rings (SSSR count). The first-order chi connectivity index (χ1) is 9.78. The SMILES string of the molecule is CNCc1ccc(F)c(CN2CCC3CCCCC32)c1. The van der Waals surface area contributed by atoms with Crippen LogP contribution in [-0.2, 0) is 13.1 Å². The molecule has 2 fully saturated rings. The number of nitrogens with zero attached hydrogens (tertiary/aromatic N) is 1. The first-order valence-electron chi connectivity index (χ1n) is 7.94. The van der Waals surface area contributed by atoms with Crippen LogP contribution in [0.25, 0.3) is 0 Å². The van der Waals surface area contributed by atoms with Crippen LogP contribution in [0.15, 0.2) is 18.2 Å². The first-order valence-corrected chi connectivity index (χ1v) is 7.94. The Hall–Kier alpha value is -0.930. The predicted octanol–water partition coefficient (Wildman–Crippen LogP) is 3.31. The summed E-state index contributed by atoms with van der Waals surface area (Å²) in [5, 5.41) is 3.13. The van der Waals surface area contributed by atoms with Crippen LogP contribution in [0.4, 0.5) is 4.39 Å². The molecule has 1 aromatic rings. The highest BCUT2D eigenvalue weighted by Gasteiger charge is 2.35. The Labute approximate surface area is 121 Å². The van der Waals surface area contributed by atoms with Crippen LogP contribution in [0.1, 0.15) is 43.2 Å². The van der Waals surface area contributed by atoms with Crippen LogP contribution >= 0.6 is 0 Å². The van der Waals surface area contributed by atoms with Crippen LogP contribution in [0.5, 0.6) is 0 Å². The zero-order valence-electron chi connectivity index (χ0n) is 12.4. The predicted molar refractivity (Wildman–Crippen MR) is 79.9 cm³/mol. The van der Waals surface area contributed by atoms with Gasteiger partial charge in [0, 0.05) is 24.7 Å². The molecule has 0 aromatic heterocycles. The molecule has 1 aliphatic carbocycles. The van der Waals surface area contributed by atoms with Crippen molar-refractivity contribution >= 4 is 0 Å². The van der Waals surface area contributed by atoms with Crippen molar-refractivity contribution in [1.29, 1.82) is 0 Å². The van der Waals surface area contributed by atoms with Crippen LogP contribution in [0, 0.1) is 11.7 Å². The van der Waals surface area contributed by atoms with Crippen molar-refractivity contribution in [3.05, 3.63) is 35.1 Å². The molecule has 1 saturated heterocycles. The third-order valence-corrected chi connectivity index (χ3v) is 4.99. The highest BCUT2D eigenvalue weighted by molar-refractivity contribution is 5.25. The number of likely N-dealkylation sites (tertiary alicyclic amines) is 1. The summed E-state index contributed by atoms with van der Waals surface area (Å²) in [4.78, 5) is 2.52. The van der Waals surface area contributed by atoms with Crippen LogP contribution in [0.2, 0.25) is 0 Å². The summed E-state index contributed by atoms with van der Waals surface area (Å²) < 4.78 is 14.0. The van der Waals surface area contributed by atoms with Gasteiger partial charge in [-0.15, -0.1) is 0 Å². The molecule has 2 unspecified atom stereocenters. The molecule has 0 spiro atoms.